The number of benzene rings is 1. The standard InChI is InChI=1S/C17H21N3O2/c1-12(2)20-14-6-9-16(18-11-14)17(21)19-10-13-4-7-15(22-3)8-5-13/h4-9,11-12,20H,10H2,1-3H3,(H,19,21). The lowest BCUT2D eigenvalue weighted by molar-refractivity contribution is 0.0946. The van der Waals surface area contributed by atoms with Gasteiger partial charge in [-0.1, -0.05) is 12.1 Å². The first-order valence-corrected chi connectivity index (χ1v) is 7.22. The molecule has 0 unspecified atom stereocenters. The van der Waals surface area contributed by atoms with Crippen molar-refractivity contribution in [2.75, 3.05) is 12.4 Å². The van der Waals surface area contributed by atoms with Crippen LogP contribution in [0.5, 0.6) is 5.75 Å². The molecular weight excluding hydrogens is 278 g/mol. The van der Waals surface area contributed by atoms with Crippen LogP contribution < -0.4 is 15.4 Å². The van der Waals surface area contributed by atoms with E-state index in [1.54, 1.807) is 19.4 Å². The lowest BCUT2D eigenvalue weighted by Crippen LogP contribution is -2.23. The summed E-state index contributed by atoms with van der Waals surface area (Å²) >= 11 is 0. The number of hydrogen-bond acceptors (Lipinski definition) is 4. The second kappa shape index (κ2) is 7.45. The Bertz CT molecular complexity index is 607. The van der Waals surface area contributed by atoms with E-state index in [1.165, 1.54) is 0 Å². The average Bonchev–Trinajstić information content (AvgIpc) is 2.53. The Morgan fingerprint density at radius 3 is 2.45 bits per heavy atom. The van der Waals surface area contributed by atoms with Crippen LogP contribution in [-0.2, 0) is 6.54 Å². The van der Waals surface area contributed by atoms with E-state index in [9.17, 15) is 4.79 Å². The molecule has 1 aromatic heterocycles. The van der Waals surface area contributed by atoms with E-state index < -0.39 is 0 Å². The number of ether oxygens (including phenoxy) is 1. The van der Waals surface area contributed by atoms with Crippen LogP contribution in [0.15, 0.2) is 42.6 Å². The molecule has 0 fully saturated rings. The first-order chi connectivity index (χ1) is 10.6. The van der Waals surface area contributed by atoms with Crippen molar-refractivity contribution in [2.24, 2.45) is 0 Å². The highest BCUT2D eigenvalue weighted by Crippen LogP contribution is 2.11. The first kappa shape index (κ1) is 15.8. The molecule has 1 amide bonds. The van der Waals surface area contributed by atoms with Crippen molar-refractivity contribution in [2.45, 2.75) is 26.4 Å². The molecule has 0 bridgehead atoms. The number of carbonyl (C=O) groups is 1. The third kappa shape index (κ3) is 4.48. The van der Waals surface area contributed by atoms with Gasteiger partial charge < -0.3 is 15.4 Å². The van der Waals surface area contributed by atoms with E-state index in [0.29, 0.717) is 18.3 Å². The number of nitrogens with zero attached hydrogens (tertiary/aromatic N) is 1. The number of rotatable bonds is 6. The molecule has 2 rings (SSSR count). The van der Waals surface area contributed by atoms with Crippen LogP contribution in [0.4, 0.5) is 5.69 Å². The molecule has 5 nitrogen and oxygen atoms in total. The van der Waals surface area contributed by atoms with Gasteiger partial charge in [-0.05, 0) is 43.7 Å². The topological polar surface area (TPSA) is 63.2 Å². The monoisotopic (exact) mass is 299 g/mol. The molecular formula is C17H21N3O2. The zero-order valence-electron chi connectivity index (χ0n) is 13.1. The highest BCUT2D eigenvalue weighted by Gasteiger charge is 2.07. The van der Waals surface area contributed by atoms with E-state index in [2.05, 4.69) is 29.5 Å². The maximum absolute atomic E-state index is 12.1. The Kier molecular flexibility index (Phi) is 5.36. The highest BCUT2D eigenvalue weighted by atomic mass is 16.5. The molecule has 116 valence electrons. The Morgan fingerprint density at radius 2 is 1.91 bits per heavy atom. The first-order valence-electron chi connectivity index (χ1n) is 7.22. The van der Waals surface area contributed by atoms with Crippen LogP contribution in [0.2, 0.25) is 0 Å². The van der Waals surface area contributed by atoms with Gasteiger partial charge in [-0.15, -0.1) is 0 Å². The molecule has 0 atom stereocenters. The Balaban J connectivity index is 1.91. The third-order valence-corrected chi connectivity index (χ3v) is 3.06. The second-order valence-corrected chi connectivity index (χ2v) is 5.26. The second-order valence-electron chi connectivity index (χ2n) is 5.26. The summed E-state index contributed by atoms with van der Waals surface area (Å²) in [6.07, 6.45) is 1.67. The zero-order chi connectivity index (χ0) is 15.9. The number of nitrogens with one attached hydrogen (secondary N) is 2. The molecule has 1 aromatic carbocycles. The summed E-state index contributed by atoms with van der Waals surface area (Å²) in [5.41, 5.74) is 2.32. The van der Waals surface area contributed by atoms with Gasteiger partial charge in [-0.3, -0.25) is 4.79 Å². The summed E-state index contributed by atoms with van der Waals surface area (Å²) in [6, 6.07) is 11.5. The molecule has 0 aliphatic heterocycles. The van der Waals surface area contributed by atoms with E-state index in [4.69, 9.17) is 4.74 Å². The van der Waals surface area contributed by atoms with Crippen molar-refractivity contribution in [3.8, 4) is 5.75 Å². The highest BCUT2D eigenvalue weighted by molar-refractivity contribution is 5.92. The minimum absolute atomic E-state index is 0.188. The molecule has 2 N–H and O–H groups in total. The number of anilines is 1. The van der Waals surface area contributed by atoms with E-state index in [1.807, 2.05) is 30.3 Å². The summed E-state index contributed by atoms with van der Waals surface area (Å²) in [4.78, 5) is 16.2. The van der Waals surface area contributed by atoms with Crippen LogP contribution >= 0.6 is 0 Å². The number of amides is 1. The summed E-state index contributed by atoms with van der Waals surface area (Å²) in [6.45, 7) is 4.56. The van der Waals surface area contributed by atoms with Gasteiger partial charge in [0.25, 0.3) is 5.91 Å². The molecule has 0 spiro atoms. The smallest absolute Gasteiger partial charge is 0.270 e. The summed E-state index contributed by atoms with van der Waals surface area (Å²) < 4.78 is 5.10. The van der Waals surface area contributed by atoms with Crippen molar-refractivity contribution >= 4 is 11.6 Å². The van der Waals surface area contributed by atoms with E-state index >= 15 is 0 Å². The van der Waals surface area contributed by atoms with Gasteiger partial charge in [0, 0.05) is 12.6 Å². The predicted molar refractivity (Wildman–Crippen MR) is 87.2 cm³/mol. The Labute approximate surface area is 130 Å². The molecule has 5 heteroatoms. The fraction of sp³-hybridized carbons (Fsp3) is 0.294. The number of carbonyl (C=O) groups excluding carboxylic acids is 1. The summed E-state index contributed by atoms with van der Waals surface area (Å²) in [7, 11) is 1.63. The zero-order valence-corrected chi connectivity index (χ0v) is 13.1. The average molecular weight is 299 g/mol. The number of hydrogen-bond donors (Lipinski definition) is 2. The van der Waals surface area contributed by atoms with Gasteiger partial charge in [-0.2, -0.15) is 0 Å². The summed E-state index contributed by atoms with van der Waals surface area (Å²) in [5, 5.41) is 6.08. The minimum Gasteiger partial charge on any atom is -0.497 e. The van der Waals surface area contributed by atoms with Crippen LogP contribution in [0.3, 0.4) is 0 Å². The van der Waals surface area contributed by atoms with Gasteiger partial charge in [0.05, 0.1) is 19.0 Å². The number of methoxy groups -OCH3 is 1. The minimum atomic E-state index is -0.188. The number of pyridine rings is 1. The maximum atomic E-state index is 12.1. The van der Waals surface area contributed by atoms with Crippen LogP contribution in [-0.4, -0.2) is 24.0 Å². The lowest BCUT2D eigenvalue weighted by atomic mass is 10.2. The molecule has 0 saturated carbocycles. The SMILES string of the molecule is COc1ccc(CNC(=O)c2ccc(NC(C)C)cn2)cc1. The van der Waals surface area contributed by atoms with Gasteiger partial charge in [0.1, 0.15) is 11.4 Å². The quantitative estimate of drug-likeness (QED) is 0.861. The van der Waals surface area contributed by atoms with Crippen molar-refractivity contribution in [1.82, 2.24) is 10.3 Å². The normalized spacial score (nSPS) is 10.4. The summed E-state index contributed by atoms with van der Waals surface area (Å²) in [5.74, 6) is 0.608. The van der Waals surface area contributed by atoms with Gasteiger partial charge in [-0.25, -0.2) is 4.98 Å². The Morgan fingerprint density at radius 1 is 1.18 bits per heavy atom. The van der Waals surface area contributed by atoms with Crippen molar-refractivity contribution in [1.29, 1.82) is 0 Å². The van der Waals surface area contributed by atoms with Gasteiger partial charge in [0.15, 0.2) is 0 Å². The fourth-order valence-corrected chi connectivity index (χ4v) is 1.96. The van der Waals surface area contributed by atoms with E-state index in [-0.39, 0.29) is 5.91 Å². The van der Waals surface area contributed by atoms with Crippen molar-refractivity contribution in [3.63, 3.8) is 0 Å². The van der Waals surface area contributed by atoms with Gasteiger partial charge in [0.2, 0.25) is 0 Å². The molecule has 0 saturated heterocycles. The van der Waals surface area contributed by atoms with Crippen LogP contribution in [0, 0.1) is 0 Å². The molecule has 1 heterocycles. The maximum Gasteiger partial charge on any atom is 0.270 e. The largest absolute Gasteiger partial charge is 0.497 e. The predicted octanol–water partition coefficient (Wildman–Crippen LogP) is 2.84. The molecule has 2 aromatic rings. The van der Waals surface area contributed by atoms with E-state index in [0.717, 1.165) is 17.0 Å². The fourth-order valence-electron chi connectivity index (χ4n) is 1.96. The molecule has 0 aliphatic rings. The molecule has 22 heavy (non-hydrogen) atoms. The van der Waals surface area contributed by atoms with Crippen LogP contribution in [0.1, 0.15) is 29.9 Å². The Hall–Kier alpha value is -2.56. The molecule has 0 aliphatic carbocycles. The molecule has 0 radical (unpaired) electrons. The van der Waals surface area contributed by atoms with Crippen molar-refractivity contribution in [3.05, 3.63) is 53.9 Å². The van der Waals surface area contributed by atoms with Gasteiger partial charge >= 0.3 is 0 Å². The van der Waals surface area contributed by atoms with Crippen LogP contribution in [0.25, 0.3) is 0 Å². The van der Waals surface area contributed by atoms with Crippen molar-refractivity contribution < 1.29 is 9.53 Å². The lowest BCUT2D eigenvalue weighted by Gasteiger charge is -2.10. The third-order valence-electron chi connectivity index (χ3n) is 3.06. The number of aromatic nitrogens is 1.